The minimum absolute atomic E-state index is 0.000569. The number of rotatable bonds is 6. The molecule has 0 saturated heterocycles. The first-order valence-corrected chi connectivity index (χ1v) is 12.6. The van der Waals surface area contributed by atoms with Crippen molar-refractivity contribution in [3.8, 4) is 0 Å². The van der Waals surface area contributed by atoms with Gasteiger partial charge in [0.15, 0.2) is 0 Å². The average molecular weight is 475 g/mol. The van der Waals surface area contributed by atoms with E-state index in [1.54, 1.807) is 31.2 Å². The van der Waals surface area contributed by atoms with E-state index in [-0.39, 0.29) is 23.3 Å². The van der Waals surface area contributed by atoms with E-state index in [9.17, 15) is 14.4 Å². The molecule has 3 aliphatic carbocycles. The van der Waals surface area contributed by atoms with Gasteiger partial charge in [-0.15, -0.1) is 0 Å². The largest absolute Gasteiger partial charge is 0.397 e. The lowest BCUT2D eigenvalue weighted by Crippen LogP contribution is -2.56. The summed E-state index contributed by atoms with van der Waals surface area (Å²) in [7, 11) is 0. The van der Waals surface area contributed by atoms with E-state index in [0.717, 1.165) is 50.5 Å². The highest BCUT2D eigenvalue weighted by Gasteiger charge is 2.60. The number of benzene rings is 2. The monoisotopic (exact) mass is 474 g/mol. The third-order valence-electron chi connectivity index (χ3n) is 8.33. The number of nitrogen functional groups attached to an aromatic ring is 1. The molecular formula is C28H34N4O3. The van der Waals surface area contributed by atoms with Crippen molar-refractivity contribution >= 4 is 29.1 Å². The summed E-state index contributed by atoms with van der Waals surface area (Å²) in [5, 5.41) is 9.25. The van der Waals surface area contributed by atoms with Crippen LogP contribution in [0.3, 0.4) is 0 Å². The lowest BCUT2D eigenvalue weighted by atomic mass is 9.65. The van der Waals surface area contributed by atoms with Crippen LogP contribution < -0.4 is 21.7 Å². The van der Waals surface area contributed by atoms with Crippen molar-refractivity contribution in [1.29, 1.82) is 0 Å². The fourth-order valence-electron chi connectivity index (χ4n) is 7.00. The fraction of sp³-hybridized carbons (Fsp3) is 0.464. The topological polar surface area (TPSA) is 113 Å². The summed E-state index contributed by atoms with van der Waals surface area (Å²) in [6.07, 6.45) is 6.82. The van der Waals surface area contributed by atoms with Crippen LogP contribution in [-0.4, -0.2) is 23.3 Å². The summed E-state index contributed by atoms with van der Waals surface area (Å²) >= 11 is 0. The van der Waals surface area contributed by atoms with E-state index >= 15 is 0 Å². The summed E-state index contributed by atoms with van der Waals surface area (Å²) in [4.78, 5) is 38.1. The Morgan fingerprint density at radius 1 is 1.00 bits per heavy atom. The number of amides is 3. The average Bonchev–Trinajstić information content (AvgIpc) is 3.02. The van der Waals surface area contributed by atoms with Crippen molar-refractivity contribution in [2.24, 2.45) is 17.3 Å². The molecule has 0 spiro atoms. The number of nitrogens with one attached hydrogen (secondary N) is 3. The molecule has 7 nitrogen and oxygen atoms in total. The molecule has 5 rings (SSSR count). The molecule has 4 atom stereocenters. The molecule has 0 radical (unpaired) electrons. The molecule has 3 saturated carbocycles. The Bertz CT molecular complexity index is 1150. The number of carbonyl (C=O) groups is 3. The second-order valence-electron chi connectivity index (χ2n) is 10.9. The second-order valence-corrected chi connectivity index (χ2v) is 10.9. The number of anilines is 2. The number of carbonyl (C=O) groups excluding carboxylic acids is 3. The lowest BCUT2D eigenvalue weighted by molar-refractivity contribution is -0.136. The van der Waals surface area contributed by atoms with Crippen molar-refractivity contribution in [2.75, 3.05) is 11.1 Å². The summed E-state index contributed by atoms with van der Waals surface area (Å²) < 4.78 is 0. The number of hydrogen-bond donors (Lipinski definition) is 4. The molecule has 3 amide bonds. The van der Waals surface area contributed by atoms with E-state index in [2.05, 4.69) is 16.0 Å². The maximum absolute atomic E-state index is 13.5. The first kappa shape index (κ1) is 23.4. The van der Waals surface area contributed by atoms with Crippen LogP contribution >= 0.6 is 0 Å². The van der Waals surface area contributed by atoms with Gasteiger partial charge in [0.05, 0.1) is 16.8 Å². The number of fused-ring (bicyclic) bond motifs is 2. The Kier molecular flexibility index (Phi) is 6.03. The van der Waals surface area contributed by atoms with Crippen LogP contribution in [0, 0.1) is 17.3 Å². The van der Waals surface area contributed by atoms with Gasteiger partial charge in [0.25, 0.3) is 5.91 Å². The molecule has 0 aliphatic heterocycles. The van der Waals surface area contributed by atoms with Crippen molar-refractivity contribution in [3.05, 3.63) is 59.7 Å². The summed E-state index contributed by atoms with van der Waals surface area (Å²) in [6.45, 7) is 2.00. The van der Waals surface area contributed by atoms with E-state index in [1.165, 1.54) is 0 Å². The van der Waals surface area contributed by atoms with Crippen LogP contribution in [0.1, 0.15) is 67.8 Å². The highest BCUT2D eigenvalue weighted by molar-refractivity contribution is 6.05. The number of nitrogens with two attached hydrogens (primary N) is 1. The first-order chi connectivity index (χ1) is 16.8. The summed E-state index contributed by atoms with van der Waals surface area (Å²) in [6, 6.07) is 14.4. The summed E-state index contributed by atoms with van der Waals surface area (Å²) in [5.74, 6) is 0.962. The lowest BCUT2D eigenvalue weighted by Gasteiger charge is -2.45. The molecule has 3 fully saturated rings. The Labute approximate surface area is 206 Å². The molecule has 0 heterocycles. The minimum Gasteiger partial charge on any atom is -0.397 e. The number of para-hydroxylation sites is 2. The normalized spacial score (nSPS) is 28.7. The molecule has 35 heavy (non-hydrogen) atoms. The SMILES string of the molecule is CC(=O)NC12CCCC3CC(C(=O)NCc4ccc(C(=O)Nc5ccccc5N)cc4)(CC3C1)C2. The summed E-state index contributed by atoms with van der Waals surface area (Å²) in [5.41, 5.74) is 7.83. The Balaban J connectivity index is 1.23. The molecule has 3 bridgehead atoms. The van der Waals surface area contributed by atoms with Crippen molar-refractivity contribution in [2.45, 2.75) is 64.0 Å². The van der Waals surface area contributed by atoms with Gasteiger partial charge >= 0.3 is 0 Å². The zero-order chi connectivity index (χ0) is 24.6. The van der Waals surface area contributed by atoms with Crippen molar-refractivity contribution < 1.29 is 14.4 Å². The number of hydrogen-bond acceptors (Lipinski definition) is 4. The molecule has 5 N–H and O–H groups in total. The molecule has 7 heteroatoms. The van der Waals surface area contributed by atoms with Gasteiger partial charge in [0.2, 0.25) is 11.8 Å². The zero-order valence-electron chi connectivity index (χ0n) is 20.2. The molecule has 2 aromatic carbocycles. The van der Waals surface area contributed by atoms with Gasteiger partial charge in [-0.2, -0.15) is 0 Å². The van der Waals surface area contributed by atoms with Crippen LogP contribution in [-0.2, 0) is 16.1 Å². The van der Waals surface area contributed by atoms with Gasteiger partial charge in [-0.05, 0) is 73.8 Å². The molecule has 184 valence electrons. The molecule has 3 aliphatic rings. The molecule has 0 aromatic heterocycles. The van der Waals surface area contributed by atoms with Gasteiger partial charge in [0.1, 0.15) is 0 Å². The van der Waals surface area contributed by atoms with Crippen molar-refractivity contribution in [1.82, 2.24) is 10.6 Å². The maximum Gasteiger partial charge on any atom is 0.255 e. The fourth-order valence-corrected chi connectivity index (χ4v) is 7.00. The molecule has 4 unspecified atom stereocenters. The first-order valence-electron chi connectivity index (χ1n) is 12.6. The van der Waals surface area contributed by atoms with Gasteiger partial charge in [0, 0.05) is 24.6 Å². The van der Waals surface area contributed by atoms with Crippen LogP contribution in [0.25, 0.3) is 0 Å². The smallest absolute Gasteiger partial charge is 0.255 e. The van der Waals surface area contributed by atoms with E-state index < -0.39 is 5.41 Å². The third kappa shape index (κ3) is 4.64. The van der Waals surface area contributed by atoms with Gasteiger partial charge in [-0.3, -0.25) is 14.4 Å². The highest BCUT2D eigenvalue weighted by Crippen LogP contribution is 2.61. The van der Waals surface area contributed by atoms with E-state index in [0.29, 0.717) is 35.3 Å². The molecule has 2 aromatic rings. The predicted octanol–water partition coefficient (Wildman–Crippen LogP) is 4.00. The van der Waals surface area contributed by atoms with E-state index in [4.69, 9.17) is 5.73 Å². The predicted molar refractivity (Wildman–Crippen MR) is 135 cm³/mol. The Morgan fingerprint density at radius 3 is 2.49 bits per heavy atom. The maximum atomic E-state index is 13.5. The van der Waals surface area contributed by atoms with Crippen LogP contribution in [0.2, 0.25) is 0 Å². The molecular weight excluding hydrogens is 440 g/mol. The third-order valence-corrected chi connectivity index (χ3v) is 8.33. The van der Waals surface area contributed by atoms with Crippen LogP contribution in [0.15, 0.2) is 48.5 Å². The van der Waals surface area contributed by atoms with Gasteiger partial charge in [-0.1, -0.05) is 37.1 Å². The van der Waals surface area contributed by atoms with Crippen molar-refractivity contribution in [3.63, 3.8) is 0 Å². The van der Waals surface area contributed by atoms with Crippen LogP contribution in [0.4, 0.5) is 11.4 Å². The van der Waals surface area contributed by atoms with Crippen LogP contribution in [0.5, 0.6) is 0 Å². The van der Waals surface area contributed by atoms with Gasteiger partial charge < -0.3 is 21.7 Å². The van der Waals surface area contributed by atoms with Gasteiger partial charge in [-0.25, -0.2) is 0 Å². The minimum atomic E-state index is -0.397. The quantitative estimate of drug-likeness (QED) is 0.474. The second kappa shape index (κ2) is 9.02. The highest BCUT2D eigenvalue weighted by atomic mass is 16.2. The Morgan fingerprint density at radius 2 is 1.74 bits per heavy atom. The standard InChI is InChI=1S/C28H34N4O3/c1-18(33)32-28-12-4-5-21-13-27(17-28,14-22(21)15-28)26(35)30-16-19-8-10-20(11-9-19)25(34)31-24-7-3-2-6-23(24)29/h2-3,6-11,21-22H,4-5,12-17,29H2,1H3,(H,30,35)(H,31,34)(H,32,33). The Hall–Kier alpha value is -3.35. The van der Waals surface area contributed by atoms with E-state index in [1.807, 2.05) is 24.3 Å². The zero-order valence-corrected chi connectivity index (χ0v) is 20.2.